The van der Waals surface area contributed by atoms with E-state index >= 15 is 0 Å². The van der Waals surface area contributed by atoms with Gasteiger partial charge in [0.05, 0.1) is 11.3 Å². The first-order valence-electron chi connectivity index (χ1n) is 9.82. The second-order valence-electron chi connectivity index (χ2n) is 7.36. The molecule has 1 saturated heterocycles. The Bertz CT molecular complexity index is 952. The minimum atomic E-state index is -0.861. The summed E-state index contributed by atoms with van der Waals surface area (Å²) < 4.78 is 24.8. The smallest absolute Gasteiger partial charge is 0.341 e. The van der Waals surface area contributed by atoms with Crippen molar-refractivity contribution in [2.45, 2.75) is 27.0 Å². The number of hydrogen-bond donors (Lipinski definition) is 1. The van der Waals surface area contributed by atoms with Gasteiger partial charge in [-0.3, -0.25) is 14.4 Å². The van der Waals surface area contributed by atoms with Crippen molar-refractivity contribution >= 4 is 35.0 Å². The summed E-state index contributed by atoms with van der Waals surface area (Å²) in [6.45, 7) is 5.47. The lowest BCUT2D eigenvalue weighted by Crippen LogP contribution is -2.50. The maximum atomic E-state index is 14.9. The number of ether oxygens (including phenoxy) is 2. The average molecular weight is 433 g/mol. The van der Waals surface area contributed by atoms with Crippen LogP contribution in [0.3, 0.4) is 0 Å². The maximum absolute atomic E-state index is 14.9. The zero-order chi connectivity index (χ0) is 22.7. The number of rotatable bonds is 5. The molecule has 0 radical (unpaired) electrons. The zero-order valence-corrected chi connectivity index (χ0v) is 17.6. The first-order chi connectivity index (χ1) is 14.7. The quantitative estimate of drug-likeness (QED) is 0.686. The minimum absolute atomic E-state index is 0.227. The number of carbonyl (C=O) groups excluding carboxylic acids is 4. The normalized spacial score (nSPS) is 18.7. The van der Waals surface area contributed by atoms with Gasteiger partial charge in [0.15, 0.2) is 12.8 Å². The van der Waals surface area contributed by atoms with E-state index in [1.54, 1.807) is 24.0 Å². The maximum Gasteiger partial charge on any atom is 0.341 e. The molecule has 0 aliphatic carbocycles. The number of anilines is 1. The van der Waals surface area contributed by atoms with Crippen LogP contribution in [0.15, 0.2) is 23.8 Å². The fraction of sp³-hybridized carbons (Fsp3) is 0.429. The number of esters is 2. The summed E-state index contributed by atoms with van der Waals surface area (Å²) in [6, 6.07) is 4.48. The van der Waals surface area contributed by atoms with E-state index in [0.29, 0.717) is 43.0 Å². The summed E-state index contributed by atoms with van der Waals surface area (Å²) in [5.74, 6) is -2.28. The van der Waals surface area contributed by atoms with Crippen LogP contribution in [-0.2, 0) is 28.7 Å². The Morgan fingerprint density at radius 1 is 1.19 bits per heavy atom. The molecule has 9 nitrogen and oxygen atoms in total. The van der Waals surface area contributed by atoms with Gasteiger partial charge >= 0.3 is 11.9 Å². The van der Waals surface area contributed by atoms with Crippen molar-refractivity contribution < 1.29 is 33.0 Å². The molecule has 1 aromatic rings. The largest absolute Gasteiger partial charge is 0.456 e. The molecule has 10 heteroatoms. The molecule has 31 heavy (non-hydrogen) atoms. The highest BCUT2D eigenvalue weighted by Crippen LogP contribution is 2.32. The predicted molar refractivity (Wildman–Crippen MR) is 108 cm³/mol. The Morgan fingerprint density at radius 3 is 2.45 bits per heavy atom. The lowest BCUT2D eigenvalue weighted by atomic mass is 10.0. The summed E-state index contributed by atoms with van der Waals surface area (Å²) in [7, 11) is 0. The van der Waals surface area contributed by atoms with Crippen LogP contribution < -0.4 is 10.2 Å². The Labute approximate surface area is 178 Å². The molecule has 3 rings (SSSR count). The van der Waals surface area contributed by atoms with E-state index in [4.69, 9.17) is 9.47 Å². The third-order valence-corrected chi connectivity index (χ3v) is 5.16. The Balaban J connectivity index is 1.69. The number of hydrogen-bond acceptors (Lipinski definition) is 7. The molecule has 2 aliphatic rings. The summed E-state index contributed by atoms with van der Waals surface area (Å²) in [5, 5.41) is 2.53. The van der Waals surface area contributed by atoms with E-state index in [2.05, 4.69) is 5.32 Å². The van der Waals surface area contributed by atoms with E-state index in [9.17, 15) is 23.6 Å². The molecular formula is C21H24FN3O6. The van der Waals surface area contributed by atoms with Crippen molar-refractivity contribution in [3.63, 3.8) is 0 Å². The van der Waals surface area contributed by atoms with Crippen LogP contribution in [0.1, 0.15) is 26.3 Å². The first kappa shape index (κ1) is 22.3. The van der Waals surface area contributed by atoms with Crippen LogP contribution in [-0.4, -0.2) is 67.7 Å². The second kappa shape index (κ2) is 9.15. The van der Waals surface area contributed by atoms with E-state index in [1.807, 2.05) is 4.90 Å². The highest BCUT2D eigenvalue weighted by atomic mass is 19.1. The molecule has 1 fully saturated rings. The Kier molecular flexibility index (Phi) is 6.57. The molecule has 2 heterocycles. The number of cyclic esters (lactones) is 1. The molecule has 0 aromatic heterocycles. The monoisotopic (exact) mass is 433 g/mol. The van der Waals surface area contributed by atoms with Crippen LogP contribution in [0.2, 0.25) is 0 Å². The molecule has 1 atom stereocenters. The summed E-state index contributed by atoms with van der Waals surface area (Å²) in [6.07, 6.45) is -0.861. The molecule has 1 N–H and O–H groups in total. The van der Waals surface area contributed by atoms with Gasteiger partial charge < -0.3 is 24.6 Å². The molecule has 0 bridgehead atoms. The number of halogens is 1. The van der Waals surface area contributed by atoms with Gasteiger partial charge in [-0.05, 0) is 24.6 Å². The van der Waals surface area contributed by atoms with E-state index in [-0.39, 0.29) is 24.0 Å². The molecule has 2 amide bonds. The van der Waals surface area contributed by atoms with Gasteiger partial charge in [-0.2, -0.15) is 0 Å². The van der Waals surface area contributed by atoms with Gasteiger partial charge in [0.2, 0.25) is 5.91 Å². The molecule has 2 aliphatic heterocycles. The standard InChI is InChI=1S/C21H24FN3O6/c1-12-19(21(29)31-20(12)23-13(2)26)15-4-5-17(16(22)10-15)24-6-8-25(9-7-24)18(28)11-30-14(3)27/h4-5,10,20H,6-9,11H2,1-3H3,(H,23,26)/t20-/m1/s1. The third kappa shape index (κ3) is 5.01. The van der Waals surface area contributed by atoms with Crippen LogP contribution in [0.4, 0.5) is 10.1 Å². The molecule has 0 spiro atoms. The van der Waals surface area contributed by atoms with Gasteiger partial charge in [0, 0.05) is 45.6 Å². The minimum Gasteiger partial charge on any atom is -0.456 e. The van der Waals surface area contributed by atoms with Crippen LogP contribution in [0, 0.1) is 5.82 Å². The fourth-order valence-corrected chi connectivity index (χ4v) is 3.58. The lowest BCUT2D eigenvalue weighted by Gasteiger charge is -2.36. The fourth-order valence-electron chi connectivity index (χ4n) is 3.58. The van der Waals surface area contributed by atoms with Crippen molar-refractivity contribution in [2.24, 2.45) is 0 Å². The average Bonchev–Trinajstić information content (AvgIpc) is 2.98. The zero-order valence-electron chi connectivity index (χ0n) is 17.6. The third-order valence-electron chi connectivity index (χ3n) is 5.16. The van der Waals surface area contributed by atoms with E-state index in [1.165, 1.54) is 19.9 Å². The lowest BCUT2D eigenvalue weighted by molar-refractivity contribution is -0.150. The van der Waals surface area contributed by atoms with E-state index < -0.39 is 24.0 Å². The number of nitrogens with one attached hydrogen (secondary N) is 1. The van der Waals surface area contributed by atoms with Gasteiger partial charge in [-0.15, -0.1) is 0 Å². The SMILES string of the molecule is CC(=O)N[C@@H]1OC(=O)C(c2ccc(N3CCN(C(=O)COC(C)=O)CC3)c(F)c2)=C1C. The van der Waals surface area contributed by atoms with Crippen molar-refractivity contribution in [3.8, 4) is 0 Å². The van der Waals surface area contributed by atoms with Crippen LogP contribution >= 0.6 is 0 Å². The number of benzene rings is 1. The number of nitrogens with zero attached hydrogens (tertiary/aromatic N) is 2. The van der Waals surface area contributed by atoms with Crippen molar-refractivity contribution in [2.75, 3.05) is 37.7 Å². The summed E-state index contributed by atoms with van der Waals surface area (Å²) in [5.41, 5.74) is 1.46. The van der Waals surface area contributed by atoms with Gasteiger partial charge in [-0.1, -0.05) is 6.07 Å². The van der Waals surface area contributed by atoms with Crippen molar-refractivity contribution in [1.82, 2.24) is 10.2 Å². The molecule has 0 unspecified atom stereocenters. The van der Waals surface area contributed by atoms with Crippen LogP contribution in [0.25, 0.3) is 5.57 Å². The Morgan fingerprint density at radius 2 is 1.87 bits per heavy atom. The highest BCUT2D eigenvalue weighted by Gasteiger charge is 2.33. The van der Waals surface area contributed by atoms with Gasteiger partial charge in [-0.25, -0.2) is 9.18 Å². The Hall–Kier alpha value is -3.43. The summed E-state index contributed by atoms with van der Waals surface area (Å²) >= 11 is 0. The first-order valence-corrected chi connectivity index (χ1v) is 9.82. The predicted octanol–water partition coefficient (Wildman–Crippen LogP) is 0.830. The number of carbonyl (C=O) groups is 4. The number of amides is 2. The number of piperazine rings is 1. The highest BCUT2D eigenvalue weighted by molar-refractivity contribution is 6.19. The summed E-state index contributed by atoms with van der Waals surface area (Å²) in [4.78, 5) is 49.8. The van der Waals surface area contributed by atoms with Crippen molar-refractivity contribution in [3.05, 3.63) is 35.2 Å². The van der Waals surface area contributed by atoms with Crippen LogP contribution in [0.5, 0.6) is 0 Å². The molecule has 0 saturated carbocycles. The second-order valence-corrected chi connectivity index (χ2v) is 7.36. The van der Waals surface area contributed by atoms with Crippen molar-refractivity contribution in [1.29, 1.82) is 0 Å². The molecular weight excluding hydrogens is 409 g/mol. The van der Waals surface area contributed by atoms with Gasteiger partial charge in [0.1, 0.15) is 5.82 Å². The molecule has 1 aromatic carbocycles. The molecule has 166 valence electrons. The van der Waals surface area contributed by atoms with E-state index in [0.717, 1.165) is 0 Å². The topological polar surface area (TPSA) is 105 Å². The van der Waals surface area contributed by atoms with Gasteiger partial charge in [0.25, 0.3) is 5.91 Å².